The van der Waals surface area contributed by atoms with E-state index in [9.17, 15) is 9.59 Å². The molecule has 2 aromatic rings. The van der Waals surface area contributed by atoms with Crippen LogP contribution < -0.4 is 4.90 Å². The van der Waals surface area contributed by atoms with E-state index in [1.165, 1.54) is 0 Å². The van der Waals surface area contributed by atoms with Crippen molar-refractivity contribution in [1.29, 1.82) is 0 Å². The Labute approximate surface area is 136 Å². The Hall–Kier alpha value is -2.62. The van der Waals surface area contributed by atoms with Gasteiger partial charge in [-0.2, -0.15) is 0 Å². The summed E-state index contributed by atoms with van der Waals surface area (Å²) in [5.41, 5.74) is 1.85. The minimum atomic E-state index is -0.360. The summed E-state index contributed by atoms with van der Waals surface area (Å²) in [4.78, 5) is 26.1. The highest BCUT2D eigenvalue weighted by Gasteiger charge is 2.16. The summed E-state index contributed by atoms with van der Waals surface area (Å²) in [6.45, 7) is 4.85. The third kappa shape index (κ3) is 4.19. The van der Waals surface area contributed by atoms with Crippen molar-refractivity contribution in [3.8, 4) is 0 Å². The summed E-state index contributed by atoms with van der Waals surface area (Å²) < 4.78 is 5.08. The molecule has 0 saturated carbocycles. The first-order chi connectivity index (χ1) is 11.2. The molecule has 0 aromatic heterocycles. The number of hydrogen-bond acceptors (Lipinski definition) is 3. The zero-order chi connectivity index (χ0) is 16.7. The highest BCUT2D eigenvalue weighted by atomic mass is 16.5. The largest absolute Gasteiger partial charge is 0.462 e. The lowest BCUT2D eigenvalue weighted by atomic mass is 10.1. The first-order valence-electron chi connectivity index (χ1n) is 7.81. The molecule has 2 aromatic carbocycles. The maximum absolute atomic E-state index is 12.6. The quantitative estimate of drug-likeness (QED) is 0.760. The monoisotopic (exact) mass is 311 g/mol. The van der Waals surface area contributed by atoms with Gasteiger partial charge < -0.3 is 9.64 Å². The van der Waals surface area contributed by atoms with Crippen molar-refractivity contribution in [1.82, 2.24) is 0 Å². The van der Waals surface area contributed by atoms with E-state index in [-0.39, 0.29) is 11.9 Å². The zero-order valence-corrected chi connectivity index (χ0v) is 13.5. The van der Waals surface area contributed by atoms with Crippen LogP contribution in [0, 0.1) is 0 Å². The lowest BCUT2D eigenvalue weighted by molar-refractivity contribution is 0.0505. The Morgan fingerprint density at radius 1 is 0.913 bits per heavy atom. The molecule has 0 radical (unpaired) electrons. The van der Waals surface area contributed by atoms with Gasteiger partial charge in [0.05, 0.1) is 12.2 Å². The second-order valence-corrected chi connectivity index (χ2v) is 5.10. The fourth-order valence-electron chi connectivity index (χ4n) is 2.23. The number of hydrogen-bond donors (Lipinski definition) is 0. The lowest BCUT2D eigenvalue weighted by Gasteiger charge is -2.21. The molecule has 0 spiro atoms. The first kappa shape index (κ1) is 16.7. The number of ether oxygens (including phenoxy) is 1. The van der Waals surface area contributed by atoms with Crippen LogP contribution in [0.5, 0.6) is 0 Å². The van der Waals surface area contributed by atoms with Crippen molar-refractivity contribution in [2.75, 3.05) is 18.1 Å². The number of esters is 1. The molecule has 0 fully saturated rings. The average Bonchev–Trinajstić information content (AvgIpc) is 2.61. The molecular weight excluding hydrogens is 290 g/mol. The molecule has 1 amide bonds. The first-order valence-corrected chi connectivity index (χ1v) is 7.81. The number of rotatable bonds is 6. The molecule has 2 rings (SSSR count). The minimum Gasteiger partial charge on any atom is -0.462 e. The van der Waals surface area contributed by atoms with Crippen LogP contribution in [-0.4, -0.2) is 25.0 Å². The van der Waals surface area contributed by atoms with Crippen molar-refractivity contribution in [2.45, 2.75) is 20.3 Å². The van der Waals surface area contributed by atoms with Crippen LogP contribution in [0.4, 0.5) is 5.69 Å². The van der Waals surface area contributed by atoms with Crippen LogP contribution in [0.3, 0.4) is 0 Å². The SMILES string of the molecule is CCCOC(=O)c1ccc(C(=O)N(CC)c2ccccc2)cc1. The van der Waals surface area contributed by atoms with Crippen LogP contribution in [0.25, 0.3) is 0 Å². The van der Waals surface area contributed by atoms with Gasteiger partial charge in [-0.25, -0.2) is 4.79 Å². The highest BCUT2D eigenvalue weighted by Crippen LogP contribution is 2.17. The van der Waals surface area contributed by atoms with E-state index in [0.29, 0.717) is 24.3 Å². The van der Waals surface area contributed by atoms with Crippen LogP contribution in [0.15, 0.2) is 54.6 Å². The highest BCUT2D eigenvalue weighted by molar-refractivity contribution is 6.06. The van der Waals surface area contributed by atoms with Gasteiger partial charge >= 0.3 is 5.97 Å². The van der Waals surface area contributed by atoms with Crippen molar-refractivity contribution < 1.29 is 14.3 Å². The molecule has 4 nitrogen and oxygen atoms in total. The van der Waals surface area contributed by atoms with E-state index in [1.54, 1.807) is 29.2 Å². The van der Waals surface area contributed by atoms with Crippen LogP contribution in [-0.2, 0) is 4.74 Å². The molecule has 4 heteroatoms. The second-order valence-electron chi connectivity index (χ2n) is 5.10. The number of para-hydroxylation sites is 1. The average molecular weight is 311 g/mol. The third-order valence-electron chi connectivity index (χ3n) is 3.43. The molecule has 0 N–H and O–H groups in total. The van der Waals surface area contributed by atoms with Crippen molar-refractivity contribution in [3.05, 3.63) is 65.7 Å². The molecule has 0 aliphatic rings. The standard InChI is InChI=1S/C19H21NO3/c1-3-14-23-19(22)16-12-10-15(11-13-16)18(21)20(4-2)17-8-6-5-7-9-17/h5-13H,3-4,14H2,1-2H3. The summed E-state index contributed by atoms with van der Waals surface area (Å²) in [5, 5.41) is 0. The maximum atomic E-state index is 12.6. The van der Waals surface area contributed by atoms with E-state index < -0.39 is 0 Å². The molecule has 0 saturated heterocycles. The van der Waals surface area contributed by atoms with Gasteiger partial charge in [-0.3, -0.25) is 4.79 Å². The number of benzene rings is 2. The fraction of sp³-hybridized carbons (Fsp3) is 0.263. The Morgan fingerprint density at radius 2 is 1.52 bits per heavy atom. The summed E-state index contributed by atoms with van der Waals surface area (Å²) in [5.74, 6) is -0.451. The van der Waals surface area contributed by atoms with Crippen molar-refractivity contribution in [3.63, 3.8) is 0 Å². The van der Waals surface area contributed by atoms with Crippen LogP contribution in [0.1, 0.15) is 41.0 Å². The van der Waals surface area contributed by atoms with Crippen LogP contribution >= 0.6 is 0 Å². The molecule has 120 valence electrons. The normalized spacial score (nSPS) is 10.2. The van der Waals surface area contributed by atoms with Gasteiger partial charge in [-0.05, 0) is 49.7 Å². The molecule has 0 atom stereocenters. The summed E-state index contributed by atoms with van der Waals surface area (Å²) in [7, 11) is 0. The third-order valence-corrected chi connectivity index (χ3v) is 3.43. The molecule has 0 bridgehead atoms. The maximum Gasteiger partial charge on any atom is 0.338 e. The van der Waals surface area contributed by atoms with Crippen molar-refractivity contribution in [2.24, 2.45) is 0 Å². The topological polar surface area (TPSA) is 46.6 Å². The van der Waals surface area contributed by atoms with Crippen LogP contribution in [0.2, 0.25) is 0 Å². The summed E-state index contributed by atoms with van der Waals surface area (Å²) in [6.07, 6.45) is 0.783. The van der Waals surface area contributed by atoms with E-state index in [4.69, 9.17) is 4.74 Å². The smallest absolute Gasteiger partial charge is 0.338 e. The minimum absolute atomic E-state index is 0.0906. The molecule has 0 heterocycles. The molecule has 0 aliphatic heterocycles. The van der Waals surface area contributed by atoms with E-state index in [2.05, 4.69) is 0 Å². The van der Waals surface area contributed by atoms with Gasteiger partial charge in [-0.15, -0.1) is 0 Å². The second kappa shape index (κ2) is 8.13. The van der Waals surface area contributed by atoms with Gasteiger partial charge in [0.1, 0.15) is 0 Å². The molecule has 23 heavy (non-hydrogen) atoms. The number of anilines is 1. The summed E-state index contributed by atoms with van der Waals surface area (Å²) >= 11 is 0. The van der Waals surface area contributed by atoms with E-state index >= 15 is 0 Å². The predicted molar refractivity (Wildman–Crippen MR) is 90.8 cm³/mol. The number of amides is 1. The van der Waals surface area contributed by atoms with Gasteiger partial charge in [0, 0.05) is 17.8 Å². The zero-order valence-electron chi connectivity index (χ0n) is 13.5. The Kier molecular flexibility index (Phi) is 5.92. The lowest BCUT2D eigenvalue weighted by Crippen LogP contribution is -2.30. The number of nitrogens with zero attached hydrogens (tertiary/aromatic N) is 1. The Morgan fingerprint density at radius 3 is 2.09 bits per heavy atom. The van der Waals surface area contributed by atoms with E-state index in [0.717, 1.165) is 12.1 Å². The molecular formula is C19H21NO3. The Balaban J connectivity index is 2.14. The van der Waals surface area contributed by atoms with Gasteiger partial charge in [0.15, 0.2) is 0 Å². The Bertz CT molecular complexity index is 650. The van der Waals surface area contributed by atoms with Gasteiger partial charge in [0.25, 0.3) is 5.91 Å². The van der Waals surface area contributed by atoms with Crippen molar-refractivity contribution >= 4 is 17.6 Å². The number of carbonyl (C=O) groups is 2. The van der Waals surface area contributed by atoms with Gasteiger partial charge in [-0.1, -0.05) is 25.1 Å². The van der Waals surface area contributed by atoms with E-state index in [1.807, 2.05) is 44.2 Å². The fourth-order valence-corrected chi connectivity index (χ4v) is 2.23. The molecule has 0 unspecified atom stereocenters. The molecule has 0 aliphatic carbocycles. The summed E-state index contributed by atoms with van der Waals surface area (Å²) in [6, 6.07) is 16.1. The predicted octanol–water partition coefficient (Wildman–Crippen LogP) is 3.92. The number of carbonyl (C=O) groups excluding carboxylic acids is 2. The van der Waals surface area contributed by atoms with Gasteiger partial charge in [0.2, 0.25) is 0 Å².